The van der Waals surface area contributed by atoms with E-state index >= 15 is 0 Å². The van der Waals surface area contributed by atoms with Gasteiger partial charge in [-0.05, 0) is 37.8 Å². The molecule has 1 unspecified atom stereocenters. The molecule has 0 radical (unpaired) electrons. The summed E-state index contributed by atoms with van der Waals surface area (Å²) >= 11 is 0. The van der Waals surface area contributed by atoms with Gasteiger partial charge in [-0.25, -0.2) is 0 Å². The summed E-state index contributed by atoms with van der Waals surface area (Å²) in [6.07, 6.45) is 7.00. The Kier molecular flexibility index (Phi) is 3.93. The second kappa shape index (κ2) is 4.99. The van der Waals surface area contributed by atoms with Crippen LogP contribution in [0.15, 0.2) is 28.5 Å². The monoisotopic (exact) mass is 192 g/mol. The summed E-state index contributed by atoms with van der Waals surface area (Å²) in [7, 11) is 2.15. The van der Waals surface area contributed by atoms with E-state index in [9.17, 15) is 0 Å². The van der Waals surface area contributed by atoms with Gasteiger partial charge >= 0.3 is 0 Å². The van der Waals surface area contributed by atoms with Gasteiger partial charge in [0.25, 0.3) is 0 Å². The van der Waals surface area contributed by atoms with Crippen molar-refractivity contribution < 1.29 is 0 Å². The number of rotatable bonds is 3. The van der Waals surface area contributed by atoms with Crippen LogP contribution in [0.5, 0.6) is 0 Å². The molecule has 0 fully saturated rings. The number of likely N-dealkylation sites (N-methyl/N-ethyl adjacent to an activating group) is 1. The first kappa shape index (κ1) is 11.0. The quantitative estimate of drug-likeness (QED) is 0.628. The number of allylic oxidation sites excluding steroid dienone is 1. The Morgan fingerprint density at radius 2 is 2.29 bits per heavy atom. The molecule has 1 atom stereocenters. The fourth-order valence-corrected chi connectivity index (χ4v) is 1.97. The van der Waals surface area contributed by atoms with Crippen molar-refractivity contribution in [3.8, 4) is 0 Å². The summed E-state index contributed by atoms with van der Waals surface area (Å²) < 4.78 is 0. The van der Waals surface area contributed by atoms with Crippen LogP contribution < -0.4 is 0 Å². The lowest BCUT2D eigenvalue weighted by Crippen LogP contribution is -2.15. The molecule has 0 aromatic carbocycles. The van der Waals surface area contributed by atoms with Gasteiger partial charge in [-0.3, -0.25) is 4.99 Å². The summed E-state index contributed by atoms with van der Waals surface area (Å²) in [5.74, 6) is 0.727. The Morgan fingerprint density at radius 3 is 2.79 bits per heavy atom. The second-order valence-electron chi connectivity index (χ2n) is 3.78. The van der Waals surface area contributed by atoms with Crippen LogP contribution in [-0.4, -0.2) is 24.7 Å². The summed E-state index contributed by atoms with van der Waals surface area (Å²) in [6, 6.07) is 0. The van der Waals surface area contributed by atoms with Gasteiger partial charge in [-0.2, -0.15) is 0 Å². The molecule has 0 saturated carbocycles. The highest BCUT2D eigenvalue weighted by Gasteiger charge is 2.22. The zero-order valence-corrected chi connectivity index (χ0v) is 9.62. The predicted molar refractivity (Wildman–Crippen MR) is 62.4 cm³/mol. The molecule has 1 heterocycles. The van der Waals surface area contributed by atoms with Crippen molar-refractivity contribution in [3.63, 3.8) is 0 Å². The fourth-order valence-electron chi connectivity index (χ4n) is 1.97. The molecule has 14 heavy (non-hydrogen) atoms. The van der Waals surface area contributed by atoms with Crippen molar-refractivity contribution in [3.05, 3.63) is 23.5 Å². The normalized spacial score (nSPS) is 23.4. The lowest BCUT2D eigenvalue weighted by Gasteiger charge is -2.13. The predicted octanol–water partition coefficient (Wildman–Crippen LogP) is 2.84. The smallest absolute Gasteiger partial charge is 0.0371 e. The summed E-state index contributed by atoms with van der Waals surface area (Å²) in [6.45, 7) is 7.56. The molecule has 0 amide bonds. The van der Waals surface area contributed by atoms with Gasteiger partial charge in [-0.1, -0.05) is 6.92 Å². The Hall–Kier alpha value is -1.05. The molecule has 0 aromatic heterocycles. The Balaban J connectivity index is 2.79. The fraction of sp³-hybridized carbons (Fsp3) is 0.583. The van der Waals surface area contributed by atoms with E-state index in [1.807, 2.05) is 13.1 Å². The van der Waals surface area contributed by atoms with Crippen LogP contribution in [0.1, 0.15) is 27.2 Å². The molecule has 1 aliphatic rings. The third-order valence-electron chi connectivity index (χ3n) is 2.88. The molecule has 1 rings (SSSR count). The van der Waals surface area contributed by atoms with E-state index in [4.69, 9.17) is 0 Å². The van der Waals surface area contributed by atoms with Crippen LogP contribution in [0.4, 0.5) is 0 Å². The van der Waals surface area contributed by atoms with Gasteiger partial charge in [0, 0.05) is 31.7 Å². The largest absolute Gasteiger partial charge is 0.374 e. The van der Waals surface area contributed by atoms with E-state index in [1.165, 1.54) is 17.7 Å². The second-order valence-corrected chi connectivity index (χ2v) is 3.78. The molecule has 0 aliphatic carbocycles. The van der Waals surface area contributed by atoms with E-state index in [0.29, 0.717) is 0 Å². The minimum Gasteiger partial charge on any atom is -0.374 e. The lowest BCUT2D eigenvalue weighted by atomic mass is 10.00. The first-order valence-corrected chi connectivity index (χ1v) is 5.27. The molecule has 1 aliphatic heterocycles. The van der Waals surface area contributed by atoms with Gasteiger partial charge in [0.2, 0.25) is 0 Å². The first-order valence-electron chi connectivity index (χ1n) is 5.27. The van der Waals surface area contributed by atoms with Gasteiger partial charge < -0.3 is 4.90 Å². The molecule has 0 spiro atoms. The van der Waals surface area contributed by atoms with Crippen LogP contribution in [0.25, 0.3) is 0 Å². The van der Waals surface area contributed by atoms with Gasteiger partial charge in [0.05, 0.1) is 0 Å². The maximum atomic E-state index is 4.09. The standard InChI is InChI=1S/C12H20N2/c1-5-11-9-14(4)12(10(11)3)7-8-13-6-2/h6-8,11H,5,9H2,1-4H3/b8-7-,13-6?. The van der Waals surface area contributed by atoms with Crippen LogP contribution in [0, 0.1) is 5.92 Å². The van der Waals surface area contributed by atoms with E-state index in [2.05, 4.69) is 36.9 Å². The average molecular weight is 192 g/mol. The SMILES string of the molecule is CC=N/C=C\C1=C(C)C(CC)CN1C. The van der Waals surface area contributed by atoms with Gasteiger partial charge in [-0.15, -0.1) is 0 Å². The number of nitrogens with zero attached hydrogens (tertiary/aromatic N) is 2. The van der Waals surface area contributed by atoms with Crippen molar-refractivity contribution in [1.82, 2.24) is 4.90 Å². The third kappa shape index (κ3) is 2.25. The summed E-state index contributed by atoms with van der Waals surface area (Å²) in [4.78, 5) is 6.40. The number of aliphatic imine (C=N–C) groups is 1. The lowest BCUT2D eigenvalue weighted by molar-refractivity contribution is 0.413. The maximum absolute atomic E-state index is 4.09. The van der Waals surface area contributed by atoms with E-state index in [0.717, 1.165) is 12.5 Å². The van der Waals surface area contributed by atoms with Gasteiger partial charge in [0.1, 0.15) is 0 Å². The van der Waals surface area contributed by atoms with Gasteiger partial charge in [0.15, 0.2) is 0 Å². The molecule has 2 nitrogen and oxygen atoms in total. The molecule has 0 N–H and O–H groups in total. The Bertz CT molecular complexity index is 274. The minimum atomic E-state index is 0.727. The number of hydrogen-bond acceptors (Lipinski definition) is 2. The van der Waals surface area contributed by atoms with Crippen molar-refractivity contribution >= 4 is 6.21 Å². The highest BCUT2D eigenvalue weighted by atomic mass is 15.1. The van der Waals surface area contributed by atoms with E-state index in [-0.39, 0.29) is 0 Å². The van der Waals surface area contributed by atoms with E-state index < -0.39 is 0 Å². The van der Waals surface area contributed by atoms with Crippen molar-refractivity contribution in [1.29, 1.82) is 0 Å². The summed E-state index contributed by atoms with van der Waals surface area (Å²) in [5, 5.41) is 0. The van der Waals surface area contributed by atoms with Crippen molar-refractivity contribution in [2.45, 2.75) is 27.2 Å². The van der Waals surface area contributed by atoms with Crippen LogP contribution in [0.3, 0.4) is 0 Å². The highest BCUT2D eigenvalue weighted by Crippen LogP contribution is 2.29. The Morgan fingerprint density at radius 1 is 1.57 bits per heavy atom. The Labute approximate surface area is 87.0 Å². The topological polar surface area (TPSA) is 15.6 Å². The summed E-state index contributed by atoms with van der Waals surface area (Å²) in [5.41, 5.74) is 2.83. The minimum absolute atomic E-state index is 0.727. The highest BCUT2D eigenvalue weighted by molar-refractivity contribution is 5.54. The zero-order valence-electron chi connectivity index (χ0n) is 9.62. The van der Waals surface area contributed by atoms with Crippen LogP contribution in [0.2, 0.25) is 0 Å². The molecule has 0 aromatic rings. The van der Waals surface area contributed by atoms with Crippen LogP contribution >= 0.6 is 0 Å². The molecule has 0 bridgehead atoms. The maximum Gasteiger partial charge on any atom is 0.0371 e. The molecular formula is C12H20N2. The van der Waals surface area contributed by atoms with Crippen molar-refractivity contribution in [2.24, 2.45) is 10.9 Å². The average Bonchev–Trinajstić information content (AvgIpc) is 2.45. The van der Waals surface area contributed by atoms with E-state index in [1.54, 1.807) is 6.21 Å². The molecule has 2 heteroatoms. The van der Waals surface area contributed by atoms with Crippen LogP contribution in [-0.2, 0) is 0 Å². The molecule has 78 valence electrons. The number of hydrogen-bond donors (Lipinski definition) is 0. The van der Waals surface area contributed by atoms with Crippen molar-refractivity contribution in [2.75, 3.05) is 13.6 Å². The molecular weight excluding hydrogens is 172 g/mol. The zero-order chi connectivity index (χ0) is 10.6. The first-order chi connectivity index (χ1) is 6.70. The molecule has 0 saturated heterocycles. The third-order valence-corrected chi connectivity index (χ3v) is 2.88.